The first-order chi connectivity index (χ1) is 19.3. The summed E-state index contributed by atoms with van der Waals surface area (Å²) in [6.07, 6.45) is -2.78. The van der Waals surface area contributed by atoms with Crippen molar-refractivity contribution in [2.24, 2.45) is 5.16 Å². The van der Waals surface area contributed by atoms with Crippen molar-refractivity contribution >= 4 is 23.0 Å². The van der Waals surface area contributed by atoms with Crippen molar-refractivity contribution in [3.63, 3.8) is 0 Å². The van der Waals surface area contributed by atoms with Crippen molar-refractivity contribution in [3.05, 3.63) is 76.0 Å². The van der Waals surface area contributed by atoms with Gasteiger partial charge < -0.3 is 14.5 Å². The molecule has 40 heavy (non-hydrogen) atoms. The highest BCUT2D eigenvalue weighted by atomic mass is 32.1. The second-order valence-corrected chi connectivity index (χ2v) is 10.3. The quantitative estimate of drug-likeness (QED) is 0.216. The van der Waals surface area contributed by atoms with Crippen LogP contribution in [-0.4, -0.2) is 51.0 Å². The molecule has 3 aromatic rings. The van der Waals surface area contributed by atoms with Gasteiger partial charge in [0.15, 0.2) is 6.10 Å². The molecule has 5 rings (SSSR count). The minimum atomic E-state index is -3.01. The van der Waals surface area contributed by atoms with Crippen LogP contribution in [0.4, 0.5) is 17.6 Å². The SMILES string of the molecule is C=CCOc1ccccc1[C@H]1CC(c2csc(C3CCN(C(=O)Cn4nc(C(F)F)cc4C(F)F)CC3)n2)=NO1. The number of para-hydroxylation sites is 1. The van der Waals surface area contributed by atoms with Gasteiger partial charge in [-0.25, -0.2) is 22.5 Å². The molecule has 212 valence electrons. The molecular formula is C27H27F4N5O3S. The lowest BCUT2D eigenvalue weighted by molar-refractivity contribution is -0.133. The first-order valence-electron chi connectivity index (χ1n) is 12.8. The lowest BCUT2D eigenvalue weighted by Gasteiger charge is -2.31. The summed E-state index contributed by atoms with van der Waals surface area (Å²) in [5.74, 6) is 0.405. The average Bonchev–Trinajstić information content (AvgIpc) is 3.72. The van der Waals surface area contributed by atoms with Crippen molar-refractivity contribution < 1.29 is 31.9 Å². The zero-order valence-electron chi connectivity index (χ0n) is 21.4. The van der Waals surface area contributed by atoms with Gasteiger partial charge in [0.2, 0.25) is 5.91 Å². The number of carbonyl (C=O) groups excluding carboxylic acids is 1. The van der Waals surface area contributed by atoms with Crippen molar-refractivity contribution in [2.45, 2.75) is 50.7 Å². The van der Waals surface area contributed by atoms with Gasteiger partial charge in [0.05, 0.1) is 10.7 Å². The fourth-order valence-electron chi connectivity index (χ4n) is 4.79. The van der Waals surface area contributed by atoms with E-state index in [4.69, 9.17) is 14.6 Å². The van der Waals surface area contributed by atoms with Crippen LogP contribution in [-0.2, 0) is 16.2 Å². The summed E-state index contributed by atoms with van der Waals surface area (Å²) in [6, 6.07) is 8.29. The molecule has 1 amide bonds. The van der Waals surface area contributed by atoms with E-state index in [1.54, 1.807) is 11.0 Å². The molecule has 0 aliphatic carbocycles. The first kappa shape index (κ1) is 27.8. The summed E-state index contributed by atoms with van der Waals surface area (Å²) in [6.45, 7) is 4.36. The Labute approximate surface area is 231 Å². The Kier molecular flexibility index (Phi) is 8.48. The number of aromatic nitrogens is 3. The summed E-state index contributed by atoms with van der Waals surface area (Å²) in [5, 5.41) is 10.7. The van der Waals surface area contributed by atoms with E-state index in [2.05, 4.69) is 16.8 Å². The van der Waals surface area contributed by atoms with Crippen LogP contribution in [0.1, 0.15) is 71.8 Å². The number of ether oxygens (including phenoxy) is 1. The molecule has 0 unspecified atom stereocenters. The van der Waals surface area contributed by atoms with E-state index < -0.39 is 36.7 Å². The van der Waals surface area contributed by atoms with Crippen molar-refractivity contribution in [2.75, 3.05) is 19.7 Å². The summed E-state index contributed by atoms with van der Waals surface area (Å²) < 4.78 is 58.8. The zero-order chi connectivity index (χ0) is 28.2. The Morgan fingerprint density at radius 1 is 1.20 bits per heavy atom. The smallest absolute Gasteiger partial charge is 0.282 e. The Balaban J connectivity index is 1.16. The average molecular weight is 578 g/mol. The van der Waals surface area contributed by atoms with Gasteiger partial charge in [-0.05, 0) is 25.0 Å². The van der Waals surface area contributed by atoms with Gasteiger partial charge >= 0.3 is 0 Å². The number of benzene rings is 1. The molecule has 8 nitrogen and oxygen atoms in total. The van der Waals surface area contributed by atoms with Crippen molar-refractivity contribution in [1.29, 1.82) is 0 Å². The number of nitrogens with zero attached hydrogens (tertiary/aromatic N) is 5. The standard InChI is InChI=1S/C27H27F4N5O3S/c1-2-11-38-22-6-4-3-5-17(22)23-13-18(34-39-23)20-15-40-27(32-20)16-7-9-35(10-8-16)24(37)14-36-21(26(30)31)12-19(33-36)25(28)29/h2-6,12,15-16,23,25-26H,1,7-11,13-14H2/t23-/m1/s1. The minimum Gasteiger partial charge on any atom is -0.489 e. The lowest BCUT2D eigenvalue weighted by Crippen LogP contribution is -2.40. The third kappa shape index (κ3) is 6.03. The molecular weight excluding hydrogens is 550 g/mol. The van der Waals surface area contributed by atoms with E-state index in [1.165, 1.54) is 11.3 Å². The topological polar surface area (TPSA) is 81.8 Å². The van der Waals surface area contributed by atoms with Crippen LogP contribution < -0.4 is 4.74 Å². The highest BCUT2D eigenvalue weighted by Gasteiger charge is 2.31. The van der Waals surface area contributed by atoms with Crippen LogP contribution in [0.15, 0.2) is 53.5 Å². The molecule has 2 aliphatic heterocycles. The fraction of sp³-hybridized carbons (Fsp3) is 0.407. The highest BCUT2D eigenvalue weighted by molar-refractivity contribution is 7.10. The molecule has 0 bridgehead atoms. The van der Waals surface area contributed by atoms with Crippen molar-refractivity contribution in [1.82, 2.24) is 19.7 Å². The summed E-state index contributed by atoms with van der Waals surface area (Å²) >= 11 is 1.52. The second kappa shape index (κ2) is 12.2. The van der Waals surface area contributed by atoms with Gasteiger partial charge in [0.25, 0.3) is 12.9 Å². The number of thiazole rings is 1. The first-order valence-corrected chi connectivity index (χ1v) is 13.6. The Morgan fingerprint density at radius 3 is 2.70 bits per heavy atom. The zero-order valence-corrected chi connectivity index (χ0v) is 22.2. The number of piperidine rings is 1. The maximum atomic E-state index is 13.3. The summed E-state index contributed by atoms with van der Waals surface area (Å²) in [4.78, 5) is 24.8. The lowest BCUT2D eigenvalue weighted by atomic mass is 9.97. The summed E-state index contributed by atoms with van der Waals surface area (Å²) in [7, 11) is 0. The van der Waals surface area contributed by atoms with Gasteiger partial charge in [-0.2, -0.15) is 5.10 Å². The fourth-order valence-corrected chi connectivity index (χ4v) is 5.80. The van der Waals surface area contributed by atoms with E-state index in [9.17, 15) is 22.4 Å². The molecule has 1 aromatic carbocycles. The molecule has 0 saturated carbocycles. The molecule has 2 aromatic heterocycles. The van der Waals surface area contributed by atoms with Crippen LogP contribution in [0.2, 0.25) is 0 Å². The van der Waals surface area contributed by atoms with Crippen LogP contribution in [0.5, 0.6) is 5.75 Å². The summed E-state index contributed by atoms with van der Waals surface area (Å²) in [5.41, 5.74) is 0.934. The molecule has 1 saturated heterocycles. The number of alkyl halides is 4. The number of oxime groups is 1. The van der Waals surface area contributed by atoms with Crippen LogP contribution in [0.25, 0.3) is 0 Å². The largest absolute Gasteiger partial charge is 0.489 e. The van der Waals surface area contributed by atoms with Crippen LogP contribution in [0.3, 0.4) is 0 Å². The molecule has 2 aliphatic rings. The van der Waals surface area contributed by atoms with Crippen molar-refractivity contribution in [3.8, 4) is 5.75 Å². The molecule has 1 atom stereocenters. The monoisotopic (exact) mass is 577 g/mol. The maximum Gasteiger partial charge on any atom is 0.282 e. The van der Waals surface area contributed by atoms with Crippen LogP contribution >= 0.6 is 11.3 Å². The predicted molar refractivity (Wildman–Crippen MR) is 140 cm³/mol. The van der Waals surface area contributed by atoms with Gasteiger partial charge in [-0.15, -0.1) is 11.3 Å². The number of likely N-dealkylation sites (tertiary alicyclic amines) is 1. The number of hydrogen-bond donors (Lipinski definition) is 0. The molecule has 4 heterocycles. The third-order valence-electron chi connectivity index (χ3n) is 6.87. The van der Waals surface area contributed by atoms with Crippen LogP contribution in [0, 0.1) is 0 Å². The number of halogens is 4. The Hall–Kier alpha value is -3.74. The number of rotatable bonds is 10. The van der Waals surface area contributed by atoms with E-state index >= 15 is 0 Å². The minimum absolute atomic E-state index is 0.126. The van der Waals surface area contributed by atoms with E-state index in [0.717, 1.165) is 27.7 Å². The molecule has 0 radical (unpaired) electrons. The van der Waals surface area contributed by atoms with E-state index in [0.29, 0.717) is 49.7 Å². The second-order valence-electron chi connectivity index (χ2n) is 9.45. The van der Waals surface area contributed by atoms with Gasteiger partial charge in [0, 0.05) is 36.4 Å². The highest BCUT2D eigenvalue weighted by Crippen LogP contribution is 2.37. The normalized spacial score (nSPS) is 17.8. The molecule has 0 spiro atoms. The number of amides is 1. The Morgan fingerprint density at radius 2 is 1.98 bits per heavy atom. The third-order valence-corrected chi connectivity index (χ3v) is 7.88. The molecule has 1 fully saturated rings. The van der Waals surface area contributed by atoms with Gasteiger partial charge in [-0.3, -0.25) is 9.48 Å². The van der Waals surface area contributed by atoms with Gasteiger partial charge in [-0.1, -0.05) is 36.0 Å². The predicted octanol–water partition coefficient (Wildman–Crippen LogP) is 6.05. The molecule has 13 heteroatoms. The maximum absolute atomic E-state index is 13.3. The number of carbonyl (C=O) groups is 1. The van der Waals surface area contributed by atoms with Gasteiger partial charge in [0.1, 0.15) is 36.0 Å². The number of hydrogen-bond acceptors (Lipinski definition) is 7. The van der Waals surface area contributed by atoms with E-state index in [1.807, 2.05) is 29.6 Å². The molecule has 0 N–H and O–H groups in total. The van der Waals surface area contributed by atoms with E-state index in [-0.39, 0.29) is 12.0 Å². The Bertz CT molecular complexity index is 1380.